The van der Waals surface area contributed by atoms with E-state index in [4.69, 9.17) is 4.74 Å². The van der Waals surface area contributed by atoms with E-state index in [0.717, 1.165) is 18.6 Å². The minimum absolute atomic E-state index is 0. The number of ether oxygens (including phenoxy) is 1. The van der Waals surface area contributed by atoms with Crippen molar-refractivity contribution in [3.05, 3.63) is 24.3 Å². The van der Waals surface area contributed by atoms with Crippen LogP contribution in [0.5, 0.6) is 5.75 Å². The normalized spacial score (nSPS) is 10.7. The summed E-state index contributed by atoms with van der Waals surface area (Å²) in [6.45, 7) is -2.58. The van der Waals surface area contributed by atoms with E-state index in [1.54, 1.807) is 0 Å². The van der Waals surface area contributed by atoms with Gasteiger partial charge in [0.05, 0.1) is 6.61 Å². The van der Waals surface area contributed by atoms with Crippen molar-refractivity contribution in [1.82, 2.24) is 0 Å². The summed E-state index contributed by atoms with van der Waals surface area (Å²) < 4.78 is 42.0. The summed E-state index contributed by atoms with van der Waals surface area (Å²) in [5.41, 5.74) is -0.612. The molecule has 0 bridgehead atoms. The molecule has 1 rings (SSSR count). The number of hydrogen-bond acceptors (Lipinski definition) is 1. The first-order valence-corrected chi connectivity index (χ1v) is 4.46. The predicted octanol–water partition coefficient (Wildman–Crippen LogP) is -0.466. The average molecular weight is 242 g/mol. The summed E-state index contributed by atoms with van der Waals surface area (Å²) in [4.78, 5) is 0. The molecule has 0 heterocycles. The largest absolute Gasteiger partial charge is 1.00 e. The summed E-state index contributed by atoms with van der Waals surface area (Å²) in [6.07, 6.45) is 0.779. The van der Waals surface area contributed by atoms with E-state index >= 15 is 0 Å². The minimum Gasteiger partial charge on any atom is -0.494 e. The van der Waals surface area contributed by atoms with Crippen LogP contribution in [0.3, 0.4) is 0 Å². The third-order valence-corrected chi connectivity index (χ3v) is 1.71. The molecular formula is C9H11BF3KO. The van der Waals surface area contributed by atoms with Gasteiger partial charge in [0.1, 0.15) is 5.75 Å². The van der Waals surface area contributed by atoms with E-state index in [1.807, 2.05) is 6.92 Å². The molecule has 15 heavy (non-hydrogen) atoms. The quantitative estimate of drug-likeness (QED) is 0.649. The Morgan fingerprint density at radius 1 is 1.27 bits per heavy atom. The second kappa shape index (κ2) is 6.96. The molecule has 0 unspecified atom stereocenters. The van der Waals surface area contributed by atoms with Gasteiger partial charge < -0.3 is 17.7 Å². The van der Waals surface area contributed by atoms with E-state index < -0.39 is 12.4 Å². The Bertz CT molecular complexity index is 304. The first-order valence-electron chi connectivity index (χ1n) is 4.46. The van der Waals surface area contributed by atoms with E-state index in [-0.39, 0.29) is 57.1 Å². The van der Waals surface area contributed by atoms with Crippen molar-refractivity contribution in [3.63, 3.8) is 0 Å². The van der Waals surface area contributed by atoms with E-state index in [1.165, 1.54) is 12.1 Å². The van der Waals surface area contributed by atoms with Crippen LogP contribution in [0.15, 0.2) is 24.3 Å². The van der Waals surface area contributed by atoms with Gasteiger partial charge in [0.25, 0.3) is 0 Å². The number of halogens is 3. The first kappa shape index (κ1) is 15.5. The van der Waals surface area contributed by atoms with E-state index in [9.17, 15) is 12.9 Å². The monoisotopic (exact) mass is 242 g/mol. The Labute approximate surface area is 130 Å². The fraction of sp³-hybridized carbons (Fsp3) is 0.333. The Balaban J connectivity index is 0.00000196. The first-order chi connectivity index (χ1) is 6.54. The van der Waals surface area contributed by atoms with Gasteiger partial charge in [-0.2, -0.15) is 0 Å². The van der Waals surface area contributed by atoms with E-state index in [0.29, 0.717) is 6.61 Å². The third-order valence-electron chi connectivity index (χ3n) is 1.71. The molecule has 0 radical (unpaired) electrons. The van der Waals surface area contributed by atoms with Crippen molar-refractivity contribution < 1.29 is 69.1 Å². The second-order valence-electron chi connectivity index (χ2n) is 3.00. The van der Waals surface area contributed by atoms with Gasteiger partial charge in [-0.3, -0.25) is 0 Å². The summed E-state index contributed by atoms with van der Waals surface area (Å²) in [7, 11) is 0. The van der Waals surface area contributed by atoms with Gasteiger partial charge in [-0.1, -0.05) is 19.1 Å². The zero-order valence-electron chi connectivity index (χ0n) is 8.84. The molecule has 78 valence electrons. The Morgan fingerprint density at radius 2 is 1.93 bits per heavy atom. The van der Waals surface area contributed by atoms with Crippen molar-refractivity contribution in [2.75, 3.05) is 6.61 Å². The summed E-state index contributed by atoms with van der Waals surface area (Å²) in [6, 6.07) is 4.98. The maximum atomic E-state index is 12.3. The zero-order valence-corrected chi connectivity index (χ0v) is 12.0. The van der Waals surface area contributed by atoms with Crippen LogP contribution in [0.25, 0.3) is 0 Å². The van der Waals surface area contributed by atoms with Crippen LogP contribution < -0.4 is 61.6 Å². The predicted molar refractivity (Wildman–Crippen MR) is 50.9 cm³/mol. The Kier molecular flexibility index (Phi) is 7.20. The number of benzene rings is 1. The molecule has 0 aromatic heterocycles. The maximum absolute atomic E-state index is 12.3. The van der Waals surface area contributed by atoms with Crippen LogP contribution in [-0.2, 0) is 0 Å². The Hall–Kier alpha value is 0.511. The molecule has 0 fully saturated rings. The number of hydrogen-bond donors (Lipinski definition) is 0. The van der Waals surface area contributed by atoms with Crippen molar-refractivity contribution in [2.24, 2.45) is 0 Å². The van der Waals surface area contributed by atoms with Crippen molar-refractivity contribution in [2.45, 2.75) is 13.3 Å². The standard InChI is InChI=1S/C9H11BF3O.K/c1-2-6-14-9-5-3-4-8(7-9)10(11,12)13;/h3-5,7H,2,6H2,1H3;/q-1;+1. The molecule has 1 aromatic carbocycles. The molecule has 0 saturated heterocycles. The molecule has 0 aliphatic rings. The third kappa shape index (κ3) is 5.40. The average Bonchev–Trinajstić information content (AvgIpc) is 2.14. The van der Waals surface area contributed by atoms with Gasteiger partial charge in [-0.05, 0) is 18.6 Å². The van der Waals surface area contributed by atoms with Crippen LogP contribution >= 0.6 is 0 Å². The molecule has 0 aliphatic heterocycles. The number of rotatable bonds is 4. The fourth-order valence-corrected chi connectivity index (χ4v) is 1.03. The molecule has 1 nitrogen and oxygen atoms in total. The van der Waals surface area contributed by atoms with Crippen molar-refractivity contribution >= 4 is 12.4 Å². The molecule has 0 N–H and O–H groups in total. The van der Waals surface area contributed by atoms with Crippen LogP contribution in [0.2, 0.25) is 0 Å². The summed E-state index contributed by atoms with van der Waals surface area (Å²) in [5.74, 6) is 0.281. The molecule has 0 atom stereocenters. The van der Waals surface area contributed by atoms with Gasteiger partial charge in [0.15, 0.2) is 0 Å². The molecule has 0 spiro atoms. The van der Waals surface area contributed by atoms with Crippen LogP contribution in [-0.4, -0.2) is 13.6 Å². The van der Waals surface area contributed by atoms with Crippen molar-refractivity contribution in [1.29, 1.82) is 0 Å². The Morgan fingerprint density at radius 3 is 2.47 bits per heavy atom. The summed E-state index contributed by atoms with van der Waals surface area (Å²) >= 11 is 0. The van der Waals surface area contributed by atoms with Gasteiger partial charge in [0, 0.05) is 0 Å². The topological polar surface area (TPSA) is 9.23 Å². The zero-order chi connectivity index (χ0) is 10.6. The van der Waals surface area contributed by atoms with Gasteiger partial charge in [-0.15, -0.1) is 5.46 Å². The molecule has 6 heteroatoms. The summed E-state index contributed by atoms with van der Waals surface area (Å²) in [5, 5.41) is 0. The molecule has 0 saturated carbocycles. The smallest absolute Gasteiger partial charge is 0.494 e. The van der Waals surface area contributed by atoms with Gasteiger partial charge >= 0.3 is 58.4 Å². The maximum Gasteiger partial charge on any atom is 1.00 e. The SMILES string of the molecule is CCCOc1cccc([B-](F)(F)F)c1.[K+]. The molecule has 1 aromatic rings. The van der Waals surface area contributed by atoms with Crippen LogP contribution in [0.4, 0.5) is 12.9 Å². The fourth-order valence-electron chi connectivity index (χ4n) is 1.03. The second-order valence-corrected chi connectivity index (χ2v) is 3.00. The molecule has 0 amide bonds. The van der Waals surface area contributed by atoms with E-state index in [2.05, 4.69) is 0 Å². The van der Waals surface area contributed by atoms with Crippen LogP contribution in [0, 0.1) is 0 Å². The van der Waals surface area contributed by atoms with Gasteiger partial charge in [0.2, 0.25) is 0 Å². The van der Waals surface area contributed by atoms with Gasteiger partial charge in [-0.25, -0.2) is 0 Å². The minimum atomic E-state index is -4.92. The van der Waals surface area contributed by atoms with Crippen LogP contribution in [0.1, 0.15) is 13.3 Å². The molecular weight excluding hydrogens is 231 g/mol. The molecule has 0 aliphatic carbocycles. The van der Waals surface area contributed by atoms with Crippen molar-refractivity contribution in [3.8, 4) is 5.75 Å².